The number of hydrogen-bond donors (Lipinski definition) is 0. The molecule has 0 aliphatic carbocycles. The van der Waals surface area contributed by atoms with E-state index >= 15 is 0 Å². The van der Waals surface area contributed by atoms with Crippen molar-refractivity contribution in [1.82, 2.24) is 14.8 Å². The third-order valence-corrected chi connectivity index (χ3v) is 4.60. The lowest BCUT2D eigenvalue weighted by molar-refractivity contribution is -0.144. The lowest BCUT2D eigenvalue weighted by atomic mass is 10.2. The van der Waals surface area contributed by atoms with Crippen LogP contribution in [0.1, 0.15) is 5.82 Å². The quantitative estimate of drug-likeness (QED) is 0.648. The highest BCUT2D eigenvalue weighted by molar-refractivity contribution is 7.90. The minimum absolute atomic E-state index is 0.0187. The lowest BCUT2D eigenvalue weighted by Crippen LogP contribution is -2.08. The van der Waals surface area contributed by atoms with Crippen LogP contribution in [0.15, 0.2) is 53.4 Å². The van der Waals surface area contributed by atoms with Gasteiger partial charge in [0.15, 0.2) is 15.7 Å². The lowest BCUT2D eigenvalue weighted by Gasteiger charge is -2.06. The molecular formula is C16H11F4N3O2S. The molecule has 0 radical (unpaired) electrons. The minimum atomic E-state index is -4.77. The molecular weight excluding hydrogens is 374 g/mol. The van der Waals surface area contributed by atoms with Crippen LogP contribution in [0, 0.1) is 5.82 Å². The maximum absolute atomic E-state index is 13.1. The molecule has 0 saturated carbocycles. The first-order valence-electron chi connectivity index (χ1n) is 7.16. The van der Waals surface area contributed by atoms with Crippen LogP contribution in [0.4, 0.5) is 17.6 Å². The molecule has 0 saturated heterocycles. The van der Waals surface area contributed by atoms with Crippen LogP contribution in [-0.2, 0) is 16.0 Å². The first-order chi connectivity index (χ1) is 12.1. The Morgan fingerprint density at radius 1 is 0.962 bits per heavy atom. The van der Waals surface area contributed by atoms with Crippen molar-refractivity contribution in [1.29, 1.82) is 0 Å². The zero-order valence-electron chi connectivity index (χ0n) is 13.2. The number of benzene rings is 2. The molecule has 0 amide bonds. The van der Waals surface area contributed by atoms with E-state index in [0.717, 1.165) is 23.1 Å². The van der Waals surface area contributed by atoms with Gasteiger partial charge < -0.3 is 0 Å². The summed E-state index contributed by atoms with van der Waals surface area (Å²) in [4.78, 5) is 3.54. The molecule has 2 aromatic carbocycles. The van der Waals surface area contributed by atoms with E-state index in [1.54, 1.807) is 0 Å². The van der Waals surface area contributed by atoms with Gasteiger partial charge >= 0.3 is 6.18 Å². The number of hydrogen-bond acceptors (Lipinski definition) is 4. The number of rotatable bonds is 3. The normalized spacial score (nSPS) is 12.3. The highest BCUT2D eigenvalue weighted by Gasteiger charge is 2.37. The van der Waals surface area contributed by atoms with Gasteiger partial charge in [-0.15, -0.1) is 5.10 Å². The third kappa shape index (κ3) is 3.59. The van der Waals surface area contributed by atoms with E-state index < -0.39 is 27.7 Å². The SMILES string of the molecule is CS(=O)(=O)c1ccc(-c2nc(C(F)(F)F)nn2-c2ccc(F)cc2)cc1. The van der Waals surface area contributed by atoms with Crippen LogP contribution in [0.2, 0.25) is 0 Å². The molecule has 0 aliphatic heterocycles. The summed E-state index contributed by atoms with van der Waals surface area (Å²) in [5.74, 6) is -2.06. The molecule has 0 fully saturated rings. The Morgan fingerprint density at radius 3 is 2.04 bits per heavy atom. The fraction of sp³-hybridized carbons (Fsp3) is 0.125. The topological polar surface area (TPSA) is 64.8 Å². The molecule has 1 aromatic heterocycles. The van der Waals surface area contributed by atoms with E-state index in [-0.39, 0.29) is 22.0 Å². The summed E-state index contributed by atoms with van der Waals surface area (Å²) in [5, 5.41) is 3.47. The Hall–Kier alpha value is -2.75. The second kappa shape index (κ2) is 6.20. The van der Waals surface area contributed by atoms with Gasteiger partial charge in [0.1, 0.15) is 5.82 Å². The molecule has 0 bridgehead atoms. The van der Waals surface area contributed by atoms with E-state index in [9.17, 15) is 26.0 Å². The van der Waals surface area contributed by atoms with Crippen molar-refractivity contribution < 1.29 is 26.0 Å². The Kier molecular flexibility index (Phi) is 4.31. The molecule has 3 aromatic rings. The minimum Gasteiger partial charge on any atom is -0.224 e. The zero-order chi connectivity index (χ0) is 19.1. The second-order valence-corrected chi connectivity index (χ2v) is 7.46. The van der Waals surface area contributed by atoms with Crippen molar-refractivity contribution in [3.63, 3.8) is 0 Å². The molecule has 1 heterocycles. The molecule has 0 atom stereocenters. The smallest absolute Gasteiger partial charge is 0.224 e. The highest BCUT2D eigenvalue weighted by Crippen LogP contribution is 2.30. The molecule has 0 N–H and O–H groups in total. The van der Waals surface area contributed by atoms with Gasteiger partial charge in [0.05, 0.1) is 10.6 Å². The summed E-state index contributed by atoms with van der Waals surface area (Å²) < 4.78 is 76.1. The van der Waals surface area contributed by atoms with Gasteiger partial charge in [-0.25, -0.2) is 22.5 Å². The number of alkyl halides is 3. The van der Waals surface area contributed by atoms with Crippen LogP contribution in [0.3, 0.4) is 0 Å². The Bertz CT molecular complexity index is 1040. The van der Waals surface area contributed by atoms with Gasteiger partial charge in [-0.05, 0) is 48.5 Å². The number of sulfone groups is 1. The summed E-state index contributed by atoms with van der Waals surface area (Å²) in [6, 6.07) is 9.89. The van der Waals surface area contributed by atoms with E-state index in [0.29, 0.717) is 0 Å². The van der Waals surface area contributed by atoms with E-state index in [4.69, 9.17) is 0 Å². The molecule has 26 heavy (non-hydrogen) atoms. The van der Waals surface area contributed by atoms with Gasteiger partial charge in [0, 0.05) is 11.8 Å². The first-order valence-corrected chi connectivity index (χ1v) is 9.05. The summed E-state index contributed by atoms with van der Waals surface area (Å²) in [5.41, 5.74) is 0.404. The Balaban J connectivity index is 2.16. The monoisotopic (exact) mass is 385 g/mol. The largest absolute Gasteiger partial charge is 0.453 e. The van der Waals surface area contributed by atoms with E-state index in [2.05, 4.69) is 10.1 Å². The predicted molar refractivity (Wildman–Crippen MR) is 84.9 cm³/mol. The van der Waals surface area contributed by atoms with E-state index in [1.807, 2.05) is 0 Å². The fourth-order valence-electron chi connectivity index (χ4n) is 2.23. The maximum Gasteiger partial charge on any atom is 0.453 e. The van der Waals surface area contributed by atoms with Gasteiger partial charge in [0.25, 0.3) is 5.82 Å². The molecule has 136 valence electrons. The fourth-order valence-corrected chi connectivity index (χ4v) is 2.86. The number of halogens is 4. The molecule has 10 heteroatoms. The average molecular weight is 385 g/mol. The van der Waals surface area contributed by atoms with Crippen LogP contribution >= 0.6 is 0 Å². The van der Waals surface area contributed by atoms with Gasteiger partial charge in [0.2, 0.25) is 0 Å². The van der Waals surface area contributed by atoms with Gasteiger partial charge in [-0.2, -0.15) is 13.2 Å². The third-order valence-electron chi connectivity index (χ3n) is 3.47. The summed E-state index contributed by atoms with van der Waals surface area (Å²) in [7, 11) is -3.45. The number of nitrogens with zero attached hydrogens (tertiary/aromatic N) is 3. The Labute approximate surface area is 145 Å². The van der Waals surface area contributed by atoms with E-state index in [1.165, 1.54) is 36.4 Å². The summed E-state index contributed by atoms with van der Waals surface area (Å²) in [6.45, 7) is 0. The predicted octanol–water partition coefficient (Wildman–Crippen LogP) is 3.50. The molecule has 0 aliphatic rings. The molecule has 3 rings (SSSR count). The van der Waals surface area contributed by atoms with Crippen LogP contribution in [0.25, 0.3) is 17.1 Å². The average Bonchev–Trinajstić information content (AvgIpc) is 3.00. The van der Waals surface area contributed by atoms with Crippen molar-refractivity contribution in [2.45, 2.75) is 11.1 Å². The van der Waals surface area contributed by atoms with Crippen LogP contribution in [0.5, 0.6) is 0 Å². The summed E-state index contributed by atoms with van der Waals surface area (Å²) in [6.07, 6.45) is -3.75. The van der Waals surface area contributed by atoms with Crippen LogP contribution in [-0.4, -0.2) is 29.4 Å². The molecule has 0 spiro atoms. The Morgan fingerprint density at radius 2 is 1.54 bits per heavy atom. The van der Waals surface area contributed by atoms with Crippen molar-refractivity contribution in [2.75, 3.05) is 6.26 Å². The number of aromatic nitrogens is 3. The van der Waals surface area contributed by atoms with Crippen molar-refractivity contribution >= 4 is 9.84 Å². The summed E-state index contributed by atoms with van der Waals surface area (Å²) >= 11 is 0. The standard InChI is InChI=1S/C16H11F4N3O2S/c1-26(24,25)13-8-2-10(3-9-13)14-21-15(16(18,19)20)22-23(14)12-6-4-11(17)5-7-12/h2-9H,1H3. The maximum atomic E-state index is 13.1. The molecule has 0 unspecified atom stereocenters. The first kappa shape index (κ1) is 18.1. The van der Waals surface area contributed by atoms with Crippen LogP contribution < -0.4 is 0 Å². The van der Waals surface area contributed by atoms with Crippen molar-refractivity contribution in [3.8, 4) is 17.1 Å². The highest BCUT2D eigenvalue weighted by atomic mass is 32.2. The van der Waals surface area contributed by atoms with Crippen molar-refractivity contribution in [3.05, 3.63) is 60.2 Å². The van der Waals surface area contributed by atoms with Crippen molar-refractivity contribution in [2.24, 2.45) is 0 Å². The van der Waals surface area contributed by atoms with Gasteiger partial charge in [-0.1, -0.05) is 0 Å². The van der Waals surface area contributed by atoms with Gasteiger partial charge in [-0.3, -0.25) is 0 Å². The second-order valence-electron chi connectivity index (χ2n) is 5.44. The molecule has 5 nitrogen and oxygen atoms in total. The zero-order valence-corrected chi connectivity index (χ0v) is 14.0.